The summed E-state index contributed by atoms with van der Waals surface area (Å²) >= 11 is 0. The van der Waals surface area contributed by atoms with E-state index in [0.717, 1.165) is 18.4 Å². The summed E-state index contributed by atoms with van der Waals surface area (Å²) in [5, 5.41) is 0. The normalized spacial score (nSPS) is 22.3. The molecule has 1 heterocycles. The minimum Gasteiger partial charge on any atom is -0.313 e. The fourth-order valence-electron chi connectivity index (χ4n) is 3.76. The van der Waals surface area contributed by atoms with Gasteiger partial charge in [-0.05, 0) is 45.5 Å². The lowest BCUT2D eigenvalue weighted by atomic mass is 9.87. The molecule has 1 fully saturated rings. The molecule has 1 aliphatic carbocycles. The first kappa shape index (κ1) is 12.7. The monoisotopic (exact) mass is 258 g/mol. The minimum absolute atomic E-state index is 0.0443. The third-order valence-electron chi connectivity index (χ3n) is 4.89. The maximum Gasteiger partial charge on any atom is 0.256 e. The Morgan fingerprint density at radius 2 is 1.84 bits per heavy atom. The maximum absolute atomic E-state index is 12.8. The largest absolute Gasteiger partial charge is 0.313 e. The predicted molar refractivity (Wildman–Crippen MR) is 75.9 cm³/mol. The minimum atomic E-state index is -0.0443. The molecule has 0 N–H and O–H groups in total. The summed E-state index contributed by atoms with van der Waals surface area (Å²) in [5.74, 6) is 0.207. The van der Waals surface area contributed by atoms with Crippen molar-refractivity contribution in [1.29, 1.82) is 0 Å². The molecule has 1 atom stereocenters. The summed E-state index contributed by atoms with van der Waals surface area (Å²) in [6, 6.07) is 8.18. The van der Waals surface area contributed by atoms with Crippen LogP contribution in [0.15, 0.2) is 24.3 Å². The van der Waals surface area contributed by atoms with Gasteiger partial charge in [0.1, 0.15) is 0 Å². The highest BCUT2D eigenvalue weighted by molar-refractivity contribution is 6.00. The van der Waals surface area contributed by atoms with Gasteiger partial charge in [-0.15, -0.1) is 0 Å². The summed E-state index contributed by atoms with van der Waals surface area (Å²) in [6.45, 7) is 2.13. The fourth-order valence-corrected chi connectivity index (χ4v) is 3.76. The summed E-state index contributed by atoms with van der Waals surface area (Å²) in [7, 11) is 4.09. The topological polar surface area (TPSA) is 23.6 Å². The first-order chi connectivity index (χ1) is 9.08. The van der Waals surface area contributed by atoms with Crippen LogP contribution in [-0.4, -0.2) is 36.0 Å². The lowest BCUT2D eigenvalue weighted by Crippen LogP contribution is -2.52. The van der Waals surface area contributed by atoms with Crippen molar-refractivity contribution in [2.45, 2.75) is 44.3 Å². The average Bonchev–Trinajstić information content (AvgIpc) is 2.96. The Morgan fingerprint density at radius 3 is 2.47 bits per heavy atom. The quantitative estimate of drug-likeness (QED) is 0.814. The molecule has 0 aromatic heterocycles. The number of benzene rings is 1. The molecule has 1 aliphatic heterocycles. The molecule has 3 rings (SSSR count). The van der Waals surface area contributed by atoms with Crippen molar-refractivity contribution in [2.24, 2.45) is 0 Å². The molecule has 1 aromatic rings. The molecule has 1 amide bonds. The number of carbonyl (C=O) groups excluding carboxylic acids is 1. The zero-order valence-corrected chi connectivity index (χ0v) is 12.0. The van der Waals surface area contributed by atoms with E-state index in [1.165, 1.54) is 18.4 Å². The first-order valence-corrected chi connectivity index (χ1v) is 7.17. The highest BCUT2D eigenvalue weighted by atomic mass is 16.2. The zero-order chi connectivity index (χ0) is 13.6. The van der Waals surface area contributed by atoms with E-state index in [0.29, 0.717) is 0 Å². The van der Waals surface area contributed by atoms with Gasteiger partial charge in [0.2, 0.25) is 0 Å². The van der Waals surface area contributed by atoms with Crippen LogP contribution in [0.4, 0.5) is 0 Å². The Kier molecular flexibility index (Phi) is 2.90. The standard InChI is InChI=1S/C16H22N2O/c1-12(17(2)3)18-15(19)13-8-4-5-9-14(13)16(18)10-6-7-11-16/h4-5,8-9,12H,6-7,10-11H2,1-3H3. The van der Waals surface area contributed by atoms with Crippen LogP contribution in [0, 0.1) is 0 Å². The van der Waals surface area contributed by atoms with Crippen LogP contribution in [0.5, 0.6) is 0 Å². The van der Waals surface area contributed by atoms with Crippen LogP contribution in [0.25, 0.3) is 0 Å². The molecular weight excluding hydrogens is 236 g/mol. The molecule has 1 unspecified atom stereocenters. The number of hydrogen-bond donors (Lipinski definition) is 0. The van der Waals surface area contributed by atoms with Crippen LogP contribution in [0.2, 0.25) is 0 Å². The Balaban J connectivity index is 2.13. The van der Waals surface area contributed by atoms with Crippen molar-refractivity contribution in [3.8, 4) is 0 Å². The summed E-state index contributed by atoms with van der Waals surface area (Å²) in [6.07, 6.45) is 4.79. The first-order valence-electron chi connectivity index (χ1n) is 7.17. The summed E-state index contributed by atoms with van der Waals surface area (Å²) in [5.41, 5.74) is 2.13. The van der Waals surface area contributed by atoms with Crippen molar-refractivity contribution >= 4 is 5.91 Å². The molecule has 3 heteroatoms. The molecule has 0 saturated heterocycles. The average molecular weight is 258 g/mol. The lowest BCUT2D eigenvalue weighted by Gasteiger charge is -2.42. The summed E-state index contributed by atoms with van der Waals surface area (Å²) in [4.78, 5) is 17.1. The maximum atomic E-state index is 12.8. The third kappa shape index (κ3) is 1.64. The van der Waals surface area contributed by atoms with Crippen molar-refractivity contribution in [3.05, 3.63) is 35.4 Å². The number of amides is 1. The van der Waals surface area contributed by atoms with Crippen LogP contribution >= 0.6 is 0 Å². The molecule has 3 nitrogen and oxygen atoms in total. The van der Waals surface area contributed by atoms with E-state index in [9.17, 15) is 4.79 Å². The molecule has 1 saturated carbocycles. The van der Waals surface area contributed by atoms with E-state index in [1.807, 2.05) is 26.2 Å². The van der Waals surface area contributed by atoms with E-state index in [1.54, 1.807) is 0 Å². The Labute approximate surface area is 115 Å². The molecule has 0 bridgehead atoms. The van der Waals surface area contributed by atoms with Gasteiger partial charge in [-0.3, -0.25) is 9.69 Å². The van der Waals surface area contributed by atoms with E-state index < -0.39 is 0 Å². The molecule has 19 heavy (non-hydrogen) atoms. The Bertz CT molecular complexity index is 503. The SMILES string of the molecule is CC(N(C)C)N1C(=O)c2ccccc2C12CCCC2. The second-order valence-corrected chi connectivity index (χ2v) is 6.05. The van der Waals surface area contributed by atoms with Crippen LogP contribution < -0.4 is 0 Å². The number of rotatable bonds is 2. The molecule has 102 valence electrons. The van der Waals surface area contributed by atoms with Gasteiger partial charge in [-0.2, -0.15) is 0 Å². The number of hydrogen-bond acceptors (Lipinski definition) is 2. The van der Waals surface area contributed by atoms with E-state index in [-0.39, 0.29) is 17.6 Å². The van der Waals surface area contributed by atoms with E-state index >= 15 is 0 Å². The van der Waals surface area contributed by atoms with Gasteiger partial charge >= 0.3 is 0 Å². The van der Waals surface area contributed by atoms with Crippen LogP contribution in [0.1, 0.15) is 48.5 Å². The number of fused-ring (bicyclic) bond motifs is 2. The molecule has 1 aromatic carbocycles. The van der Waals surface area contributed by atoms with Crippen LogP contribution in [-0.2, 0) is 5.54 Å². The van der Waals surface area contributed by atoms with Gasteiger partial charge in [-0.25, -0.2) is 0 Å². The zero-order valence-electron chi connectivity index (χ0n) is 12.0. The Hall–Kier alpha value is -1.35. The van der Waals surface area contributed by atoms with Gasteiger partial charge in [0.15, 0.2) is 0 Å². The highest BCUT2D eigenvalue weighted by Gasteiger charge is 2.52. The number of nitrogens with zero attached hydrogens (tertiary/aromatic N) is 2. The van der Waals surface area contributed by atoms with Gasteiger partial charge in [0.25, 0.3) is 5.91 Å². The molecule has 2 aliphatic rings. The van der Waals surface area contributed by atoms with Crippen LogP contribution in [0.3, 0.4) is 0 Å². The summed E-state index contributed by atoms with van der Waals surface area (Å²) < 4.78 is 0. The van der Waals surface area contributed by atoms with Crippen molar-refractivity contribution in [3.63, 3.8) is 0 Å². The predicted octanol–water partition coefficient (Wildman–Crippen LogP) is 2.82. The lowest BCUT2D eigenvalue weighted by molar-refractivity contribution is 0.00877. The third-order valence-corrected chi connectivity index (χ3v) is 4.89. The van der Waals surface area contributed by atoms with Gasteiger partial charge < -0.3 is 4.90 Å². The smallest absolute Gasteiger partial charge is 0.256 e. The van der Waals surface area contributed by atoms with Crippen molar-refractivity contribution in [2.75, 3.05) is 14.1 Å². The van der Waals surface area contributed by atoms with Gasteiger partial charge in [0.05, 0.1) is 11.7 Å². The molecular formula is C16H22N2O. The van der Waals surface area contributed by atoms with E-state index in [4.69, 9.17) is 0 Å². The second-order valence-electron chi connectivity index (χ2n) is 6.05. The fraction of sp³-hybridized carbons (Fsp3) is 0.562. The second kappa shape index (κ2) is 4.34. The van der Waals surface area contributed by atoms with E-state index in [2.05, 4.69) is 28.9 Å². The molecule has 0 radical (unpaired) electrons. The number of carbonyl (C=O) groups is 1. The van der Waals surface area contributed by atoms with Gasteiger partial charge in [-0.1, -0.05) is 31.0 Å². The highest BCUT2D eigenvalue weighted by Crippen LogP contribution is 2.50. The van der Waals surface area contributed by atoms with Gasteiger partial charge in [0, 0.05) is 5.56 Å². The van der Waals surface area contributed by atoms with Crippen molar-refractivity contribution in [1.82, 2.24) is 9.80 Å². The molecule has 1 spiro atoms. The van der Waals surface area contributed by atoms with Crippen molar-refractivity contribution < 1.29 is 4.79 Å². The Morgan fingerprint density at radius 1 is 1.21 bits per heavy atom.